The van der Waals surface area contributed by atoms with E-state index in [0.29, 0.717) is 16.5 Å². The smallest absolute Gasteiger partial charge is 0.142 e. The number of nitrogens with one attached hydrogen (secondary N) is 1. The molecule has 1 unspecified atom stereocenters. The van der Waals surface area contributed by atoms with Gasteiger partial charge in [0.25, 0.3) is 0 Å². The van der Waals surface area contributed by atoms with Gasteiger partial charge < -0.3 is 5.32 Å². The summed E-state index contributed by atoms with van der Waals surface area (Å²) in [6.45, 7) is 0. The average molecular weight is 365 g/mol. The summed E-state index contributed by atoms with van der Waals surface area (Å²) >= 11 is 4.90. The summed E-state index contributed by atoms with van der Waals surface area (Å²) in [4.78, 5) is 4.62. The highest BCUT2D eigenvalue weighted by molar-refractivity contribution is 9.10. The van der Waals surface area contributed by atoms with Crippen LogP contribution in [0.5, 0.6) is 0 Å². The number of thiazole rings is 1. The van der Waals surface area contributed by atoms with Crippen molar-refractivity contribution in [3.8, 4) is 0 Å². The number of rotatable bonds is 4. The third-order valence-corrected chi connectivity index (χ3v) is 5.09. The van der Waals surface area contributed by atoms with Gasteiger partial charge in [-0.05, 0) is 41.2 Å². The van der Waals surface area contributed by atoms with E-state index in [-0.39, 0.29) is 11.9 Å². The second-order valence-electron chi connectivity index (χ2n) is 4.76. The molecule has 21 heavy (non-hydrogen) atoms. The molecule has 0 saturated heterocycles. The minimum Gasteiger partial charge on any atom is -0.313 e. The molecule has 0 fully saturated rings. The van der Waals surface area contributed by atoms with E-state index in [1.165, 1.54) is 0 Å². The van der Waals surface area contributed by atoms with Crippen LogP contribution in [0.2, 0.25) is 0 Å². The first-order valence-electron chi connectivity index (χ1n) is 6.64. The average Bonchev–Trinajstić information content (AvgIpc) is 2.90. The van der Waals surface area contributed by atoms with Crippen molar-refractivity contribution in [1.29, 1.82) is 0 Å². The van der Waals surface area contributed by atoms with Gasteiger partial charge in [0.15, 0.2) is 0 Å². The Bertz CT molecular complexity index is 739. The summed E-state index contributed by atoms with van der Waals surface area (Å²) in [6, 6.07) is 13.3. The molecule has 5 heteroatoms. The van der Waals surface area contributed by atoms with Crippen LogP contribution in [0.4, 0.5) is 4.39 Å². The summed E-state index contributed by atoms with van der Waals surface area (Å²) in [5, 5.41) is 4.19. The molecule has 0 amide bonds. The monoisotopic (exact) mass is 364 g/mol. The zero-order chi connectivity index (χ0) is 14.8. The first-order valence-corrected chi connectivity index (χ1v) is 8.25. The van der Waals surface area contributed by atoms with Crippen LogP contribution in [0.25, 0.3) is 10.2 Å². The lowest BCUT2D eigenvalue weighted by Crippen LogP contribution is -2.20. The highest BCUT2D eigenvalue weighted by Crippen LogP contribution is 2.29. The molecule has 108 valence electrons. The fourth-order valence-corrected chi connectivity index (χ4v) is 3.73. The van der Waals surface area contributed by atoms with Gasteiger partial charge in [0, 0.05) is 18.0 Å². The molecule has 0 saturated carbocycles. The van der Waals surface area contributed by atoms with Crippen LogP contribution in [0.15, 0.2) is 46.9 Å². The van der Waals surface area contributed by atoms with E-state index in [1.807, 2.05) is 37.4 Å². The van der Waals surface area contributed by atoms with Gasteiger partial charge >= 0.3 is 0 Å². The molecule has 3 rings (SSSR count). The first-order chi connectivity index (χ1) is 10.2. The van der Waals surface area contributed by atoms with Gasteiger partial charge in [-0.25, -0.2) is 9.37 Å². The van der Waals surface area contributed by atoms with Crippen molar-refractivity contribution in [2.24, 2.45) is 0 Å². The number of likely N-dealkylation sites (N-methyl/N-ethyl adjacent to an activating group) is 1. The van der Waals surface area contributed by atoms with E-state index in [1.54, 1.807) is 17.4 Å². The molecule has 3 aromatic rings. The maximum Gasteiger partial charge on any atom is 0.142 e. The fraction of sp³-hybridized carbons (Fsp3) is 0.188. The lowest BCUT2D eigenvalue weighted by Gasteiger charge is -2.16. The number of benzene rings is 2. The molecule has 0 spiro atoms. The van der Waals surface area contributed by atoms with Crippen molar-refractivity contribution in [3.63, 3.8) is 0 Å². The van der Waals surface area contributed by atoms with Crippen molar-refractivity contribution in [1.82, 2.24) is 10.3 Å². The number of para-hydroxylation sites is 1. The zero-order valence-electron chi connectivity index (χ0n) is 11.4. The van der Waals surface area contributed by atoms with Gasteiger partial charge in [0.05, 0.1) is 19.7 Å². The summed E-state index contributed by atoms with van der Waals surface area (Å²) in [5.74, 6) is -0.210. The van der Waals surface area contributed by atoms with Gasteiger partial charge in [-0.15, -0.1) is 11.3 Å². The molecular formula is C16H14BrFN2S. The summed E-state index contributed by atoms with van der Waals surface area (Å²) in [7, 11) is 1.85. The zero-order valence-corrected chi connectivity index (χ0v) is 13.8. The van der Waals surface area contributed by atoms with Crippen LogP contribution in [-0.2, 0) is 6.42 Å². The molecule has 2 nitrogen and oxygen atoms in total. The Hall–Kier alpha value is -1.30. The van der Waals surface area contributed by atoms with E-state index >= 15 is 0 Å². The predicted molar refractivity (Wildman–Crippen MR) is 89.2 cm³/mol. The van der Waals surface area contributed by atoms with Crippen LogP contribution in [0, 0.1) is 5.82 Å². The van der Waals surface area contributed by atoms with Crippen molar-refractivity contribution in [3.05, 3.63) is 63.3 Å². The second-order valence-corrected chi connectivity index (χ2v) is 6.73. The summed E-state index contributed by atoms with van der Waals surface area (Å²) < 4.78 is 15.9. The molecule has 2 aromatic carbocycles. The Morgan fingerprint density at radius 2 is 2.05 bits per heavy atom. The first kappa shape index (κ1) is 14.6. The molecule has 0 aliphatic carbocycles. The minimum absolute atomic E-state index is 0.0944. The second kappa shape index (κ2) is 6.22. The van der Waals surface area contributed by atoms with Crippen LogP contribution in [-0.4, -0.2) is 12.0 Å². The predicted octanol–water partition coefficient (Wildman–Crippen LogP) is 4.70. The van der Waals surface area contributed by atoms with Crippen LogP contribution in [0.1, 0.15) is 16.6 Å². The molecule has 1 heterocycles. The standard InChI is InChI=1S/C16H14BrFN2S/c1-19-13(10-5-4-6-11(17)16(10)18)9-15-20-12-7-2-3-8-14(12)21-15/h2-8,13,19H,9H2,1H3. The van der Waals surface area contributed by atoms with Crippen molar-refractivity contribution >= 4 is 37.5 Å². The van der Waals surface area contributed by atoms with Crippen molar-refractivity contribution in [2.45, 2.75) is 12.5 Å². The largest absolute Gasteiger partial charge is 0.313 e. The lowest BCUT2D eigenvalue weighted by atomic mass is 10.0. The van der Waals surface area contributed by atoms with Gasteiger partial charge in [-0.3, -0.25) is 0 Å². The van der Waals surface area contributed by atoms with Gasteiger partial charge in [-0.1, -0.05) is 24.3 Å². The molecule has 0 aliphatic heterocycles. The maximum absolute atomic E-state index is 14.2. The lowest BCUT2D eigenvalue weighted by molar-refractivity contribution is 0.530. The number of fused-ring (bicyclic) bond motifs is 1. The molecule has 1 atom stereocenters. The molecule has 0 bridgehead atoms. The normalized spacial score (nSPS) is 12.7. The van der Waals surface area contributed by atoms with E-state index in [2.05, 4.69) is 32.3 Å². The number of aromatic nitrogens is 1. The molecule has 1 aromatic heterocycles. The Morgan fingerprint density at radius 1 is 1.24 bits per heavy atom. The van der Waals surface area contributed by atoms with E-state index in [4.69, 9.17) is 0 Å². The molecule has 0 aliphatic rings. The third kappa shape index (κ3) is 3.00. The third-order valence-electron chi connectivity index (χ3n) is 3.42. The number of nitrogens with zero attached hydrogens (tertiary/aromatic N) is 1. The topological polar surface area (TPSA) is 24.9 Å². The quantitative estimate of drug-likeness (QED) is 0.725. The van der Waals surface area contributed by atoms with Gasteiger partial charge in [-0.2, -0.15) is 0 Å². The Kier molecular flexibility index (Phi) is 4.33. The fourth-order valence-electron chi connectivity index (χ4n) is 2.34. The van der Waals surface area contributed by atoms with E-state index in [0.717, 1.165) is 15.2 Å². The van der Waals surface area contributed by atoms with Crippen LogP contribution >= 0.6 is 27.3 Å². The Balaban J connectivity index is 1.92. The number of hydrogen-bond donors (Lipinski definition) is 1. The highest BCUT2D eigenvalue weighted by Gasteiger charge is 2.18. The summed E-state index contributed by atoms with van der Waals surface area (Å²) in [5.41, 5.74) is 1.66. The minimum atomic E-state index is -0.210. The summed E-state index contributed by atoms with van der Waals surface area (Å²) in [6.07, 6.45) is 0.670. The van der Waals surface area contributed by atoms with Crippen LogP contribution in [0.3, 0.4) is 0 Å². The Labute approximate surface area is 135 Å². The van der Waals surface area contributed by atoms with E-state index in [9.17, 15) is 4.39 Å². The van der Waals surface area contributed by atoms with Crippen molar-refractivity contribution < 1.29 is 4.39 Å². The SMILES string of the molecule is CNC(Cc1nc2ccccc2s1)c1cccc(Br)c1F. The number of halogens is 2. The molecule has 0 radical (unpaired) electrons. The highest BCUT2D eigenvalue weighted by atomic mass is 79.9. The van der Waals surface area contributed by atoms with Gasteiger partial charge in [0.2, 0.25) is 0 Å². The molecule has 1 N–H and O–H groups in total. The van der Waals surface area contributed by atoms with Crippen LogP contribution < -0.4 is 5.32 Å². The Morgan fingerprint density at radius 3 is 2.81 bits per heavy atom. The number of hydrogen-bond acceptors (Lipinski definition) is 3. The van der Waals surface area contributed by atoms with E-state index < -0.39 is 0 Å². The van der Waals surface area contributed by atoms with Crippen molar-refractivity contribution in [2.75, 3.05) is 7.05 Å². The maximum atomic E-state index is 14.2. The molecular weight excluding hydrogens is 351 g/mol. The van der Waals surface area contributed by atoms with Gasteiger partial charge in [0.1, 0.15) is 5.82 Å².